The zero-order valence-electron chi connectivity index (χ0n) is 19.6. The summed E-state index contributed by atoms with van der Waals surface area (Å²) in [5.41, 5.74) is 0.762. The van der Waals surface area contributed by atoms with E-state index in [0.717, 1.165) is 0 Å². The van der Waals surface area contributed by atoms with Crippen LogP contribution in [0.2, 0.25) is 0 Å². The summed E-state index contributed by atoms with van der Waals surface area (Å²) in [4.78, 5) is 49.4. The molecule has 0 saturated carbocycles. The fourth-order valence-electron chi connectivity index (χ4n) is 3.92. The zero-order chi connectivity index (χ0) is 27.4. The molecule has 38 heavy (non-hydrogen) atoms. The minimum absolute atomic E-state index is 0.107. The van der Waals surface area contributed by atoms with Crippen LogP contribution in [-0.4, -0.2) is 34.0 Å². The monoisotopic (exact) mass is 502 g/mol. The Morgan fingerprint density at radius 1 is 0.579 bits per heavy atom. The summed E-state index contributed by atoms with van der Waals surface area (Å²) in [6, 6.07) is 18.0. The summed E-state index contributed by atoms with van der Waals surface area (Å²) >= 11 is 0. The van der Waals surface area contributed by atoms with Gasteiger partial charge in [0.05, 0.1) is 22.3 Å². The summed E-state index contributed by atoms with van der Waals surface area (Å²) in [6.07, 6.45) is 10.8. The Morgan fingerprint density at radius 3 is 1.32 bits per heavy atom. The van der Waals surface area contributed by atoms with Crippen molar-refractivity contribution in [2.24, 2.45) is 0 Å². The highest BCUT2D eigenvalue weighted by molar-refractivity contribution is 6.17. The van der Waals surface area contributed by atoms with E-state index in [2.05, 4.69) is 22.5 Å². The Bertz CT molecular complexity index is 1610. The molecule has 184 valence electrons. The van der Waals surface area contributed by atoms with Crippen molar-refractivity contribution in [3.8, 4) is 24.7 Å². The molecule has 2 amide bonds. The number of hydrogen-bond donors (Lipinski definition) is 4. The van der Waals surface area contributed by atoms with Crippen molar-refractivity contribution in [2.75, 3.05) is 10.6 Å². The molecule has 0 spiro atoms. The number of nitrogens with one attached hydrogen (secondary N) is 2. The maximum Gasteiger partial charge on any atom is 0.336 e. The predicted molar refractivity (Wildman–Crippen MR) is 143 cm³/mol. The van der Waals surface area contributed by atoms with Crippen LogP contribution >= 0.6 is 0 Å². The summed E-state index contributed by atoms with van der Waals surface area (Å²) in [5, 5.41) is 25.5. The van der Waals surface area contributed by atoms with Crippen LogP contribution in [0.1, 0.15) is 52.6 Å². The van der Waals surface area contributed by atoms with E-state index in [9.17, 15) is 29.4 Å². The van der Waals surface area contributed by atoms with Gasteiger partial charge in [-0.3, -0.25) is 9.59 Å². The first-order chi connectivity index (χ1) is 18.2. The molecular formula is C30H18N2O6. The highest BCUT2D eigenvalue weighted by Crippen LogP contribution is 2.30. The van der Waals surface area contributed by atoms with Crippen LogP contribution in [0.15, 0.2) is 72.8 Å². The fraction of sp³-hybridized carbons (Fsp3) is 0. The summed E-state index contributed by atoms with van der Waals surface area (Å²) in [5.74, 6) is 0.831. The number of fused-ring (bicyclic) bond motifs is 1. The normalized spacial score (nSPS) is 10.2. The van der Waals surface area contributed by atoms with E-state index in [-0.39, 0.29) is 22.3 Å². The number of hydrogen-bond acceptors (Lipinski definition) is 4. The van der Waals surface area contributed by atoms with Crippen molar-refractivity contribution in [2.45, 2.75) is 0 Å². The molecule has 0 heterocycles. The van der Waals surface area contributed by atoms with Gasteiger partial charge in [-0.1, -0.05) is 36.1 Å². The number of anilines is 2. The van der Waals surface area contributed by atoms with Crippen LogP contribution in [0, 0.1) is 24.7 Å². The van der Waals surface area contributed by atoms with Crippen LogP contribution in [0.4, 0.5) is 11.4 Å². The second-order valence-corrected chi connectivity index (χ2v) is 8.03. The van der Waals surface area contributed by atoms with E-state index in [1.165, 1.54) is 36.4 Å². The van der Waals surface area contributed by atoms with Crippen LogP contribution in [0.3, 0.4) is 0 Å². The van der Waals surface area contributed by atoms with Gasteiger partial charge in [0.15, 0.2) is 0 Å². The maximum absolute atomic E-state index is 13.1. The molecule has 4 aromatic carbocycles. The standard InChI is InChI=1S/C30H18N2O6/c1-3-17-11-13-21(29(35)36)23(15-17)27(33)31-25-9-5-8-20-19(25)7-6-10-26(20)32-28(34)24-16-18(4-2)12-14-22(24)30(37)38/h1-2,5-16H,(H,31,33)(H,32,34)(H,35,36)(H,37,38). The van der Waals surface area contributed by atoms with Gasteiger partial charge in [0.2, 0.25) is 0 Å². The lowest BCUT2D eigenvalue weighted by molar-refractivity contribution is 0.0683. The van der Waals surface area contributed by atoms with E-state index >= 15 is 0 Å². The number of carbonyl (C=O) groups is 4. The highest BCUT2D eigenvalue weighted by Gasteiger charge is 2.20. The zero-order valence-corrected chi connectivity index (χ0v) is 19.6. The van der Waals surface area contributed by atoms with Crippen LogP contribution in [0.25, 0.3) is 10.8 Å². The first-order valence-corrected chi connectivity index (χ1v) is 11.1. The van der Waals surface area contributed by atoms with Crippen molar-refractivity contribution in [1.82, 2.24) is 0 Å². The van der Waals surface area contributed by atoms with Crippen LogP contribution < -0.4 is 10.6 Å². The second-order valence-electron chi connectivity index (χ2n) is 8.03. The van der Waals surface area contributed by atoms with Crippen molar-refractivity contribution in [1.29, 1.82) is 0 Å². The average molecular weight is 502 g/mol. The van der Waals surface area contributed by atoms with E-state index < -0.39 is 23.8 Å². The average Bonchev–Trinajstić information content (AvgIpc) is 2.92. The molecule has 0 aliphatic heterocycles. The number of carboxylic acid groups (broad SMARTS) is 2. The Morgan fingerprint density at radius 2 is 0.974 bits per heavy atom. The smallest absolute Gasteiger partial charge is 0.336 e. The Labute approximate surface area is 216 Å². The van der Waals surface area contributed by atoms with Crippen molar-refractivity contribution in [3.63, 3.8) is 0 Å². The molecule has 0 aliphatic rings. The molecule has 0 unspecified atom stereocenters. The maximum atomic E-state index is 13.1. The van der Waals surface area contributed by atoms with Crippen LogP contribution in [-0.2, 0) is 0 Å². The predicted octanol–water partition coefficient (Wildman–Crippen LogP) is 4.70. The first kappa shape index (κ1) is 25.2. The van der Waals surface area contributed by atoms with Gasteiger partial charge in [-0.25, -0.2) is 9.59 Å². The van der Waals surface area contributed by atoms with Gasteiger partial charge in [0, 0.05) is 33.3 Å². The summed E-state index contributed by atoms with van der Waals surface area (Å²) < 4.78 is 0. The Kier molecular flexibility index (Phi) is 6.91. The van der Waals surface area contributed by atoms with Gasteiger partial charge in [-0.2, -0.15) is 0 Å². The SMILES string of the molecule is C#Cc1ccc(C(=O)O)c(C(=O)Nc2cccc3c(NC(=O)c4cc(C#C)ccc4C(=O)O)cccc23)c1. The third kappa shape index (κ3) is 4.92. The number of terminal acetylenes is 2. The quantitative estimate of drug-likeness (QED) is 0.283. The lowest BCUT2D eigenvalue weighted by atomic mass is 10.0. The third-order valence-corrected chi connectivity index (χ3v) is 5.74. The summed E-state index contributed by atoms with van der Waals surface area (Å²) in [6.45, 7) is 0. The lowest BCUT2D eigenvalue weighted by Crippen LogP contribution is -2.18. The molecule has 4 rings (SSSR count). The number of amides is 2. The molecule has 0 bridgehead atoms. The molecule has 0 fully saturated rings. The van der Waals surface area contributed by atoms with Crippen molar-refractivity contribution < 1.29 is 29.4 Å². The Balaban J connectivity index is 1.71. The van der Waals surface area contributed by atoms with Crippen LogP contribution in [0.5, 0.6) is 0 Å². The molecule has 4 aromatic rings. The highest BCUT2D eigenvalue weighted by atomic mass is 16.4. The van der Waals surface area contributed by atoms with Gasteiger partial charge in [-0.05, 0) is 48.5 Å². The second kappa shape index (κ2) is 10.4. The van der Waals surface area contributed by atoms with Gasteiger partial charge in [0.25, 0.3) is 11.8 Å². The number of carboxylic acids is 2. The van der Waals surface area contributed by atoms with Gasteiger partial charge >= 0.3 is 11.9 Å². The van der Waals surface area contributed by atoms with Gasteiger partial charge in [0.1, 0.15) is 0 Å². The molecular weight excluding hydrogens is 484 g/mol. The summed E-state index contributed by atoms with van der Waals surface area (Å²) in [7, 11) is 0. The topological polar surface area (TPSA) is 133 Å². The minimum atomic E-state index is -1.28. The van der Waals surface area contributed by atoms with Crippen molar-refractivity contribution >= 4 is 45.9 Å². The van der Waals surface area contributed by atoms with Crippen molar-refractivity contribution in [3.05, 3.63) is 106 Å². The fourth-order valence-corrected chi connectivity index (χ4v) is 3.92. The molecule has 4 N–H and O–H groups in total. The number of aromatic carboxylic acids is 2. The van der Waals surface area contributed by atoms with E-state index in [4.69, 9.17) is 12.8 Å². The number of rotatable bonds is 6. The lowest BCUT2D eigenvalue weighted by Gasteiger charge is -2.14. The number of carbonyl (C=O) groups excluding carboxylic acids is 2. The molecule has 0 aliphatic carbocycles. The molecule has 0 aromatic heterocycles. The molecule has 8 heteroatoms. The number of benzene rings is 4. The molecule has 0 saturated heterocycles. The molecule has 8 nitrogen and oxygen atoms in total. The molecule has 0 radical (unpaired) electrons. The largest absolute Gasteiger partial charge is 0.478 e. The first-order valence-electron chi connectivity index (χ1n) is 11.1. The minimum Gasteiger partial charge on any atom is -0.478 e. The Hall–Kier alpha value is -5.86. The van der Waals surface area contributed by atoms with E-state index in [0.29, 0.717) is 33.3 Å². The van der Waals surface area contributed by atoms with E-state index in [1.54, 1.807) is 36.4 Å². The van der Waals surface area contributed by atoms with Gasteiger partial charge < -0.3 is 20.8 Å². The van der Waals surface area contributed by atoms with E-state index in [1.807, 2.05) is 0 Å². The van der Waals surface area contributed by atoms with Gasteiger partial charge in [-0.15, -0.1) is 12.8 Å². The molecule has 0 atom stereocenters. The third-order valence-electron chi connectivity index (χ3n) is 5.74.